The van der Waals surface area contributed by atoms with Crippen LogP contribution in [0.3, 0.4) is 0 Å². The van der Waals surface area contributed by atoms with E-state index in [0.29, 0.717) is 0 Å². The number of anilines is 1. The molecular weight excluding hydrogens is 212 g/mol. The normalized spacial score (nSPS) is 15.5. The van der Waals surface area contributed by atoms with E-state index >= 15 is 0 Å². The van der Waals surface area contributed by atoms with Crippen molar-refractivity contribution in [3.63, 3.8) is 0 Å². The van der Waals surface area contributed by atoms with E-state index in [1.54, 1.807) is 0 Å². The SMILES string of the molecule is CCc1cc(NCC2=CCNCC2)nc(C)n1. The molecule has 0 bridgehead atoms. The van der Waals surface area contributed by atoms with Gasteiger partial charge < -0.3 is 10.6 Å². The third-order valence-electron chi connectivity index (χ3n) is 2.91. The van der Waals surface area contributed by atoms with Gasteiger partial charge in [0.15, 0.2) is 0 Å². The average Bonchev–Trinajstić information content (AvgIpc) is 2.37. The Morgan fingerprint density at radius 1 is 1.41 bits per heavy atom. The van der Waals surface area contributed by atoms with Gasteiger partial charge in [0, 0.05) is 24.8 Å². The summed E-state index contributed by atoms with van der Waals surface area (Å²) in [7, 11) is 0. The second-order valence-electron chi connectivity index (χ2n) is 4.32. The minimum Gasteiger partial charge on any atom is -0.366 e. The van der Waals surface area contributed by atoms with Crippen molar-refractivity contribution in [2.75, 3.05) is 25.0 Å². The molecule has 4 nitrogen and oxygen atoms in total. The van der Waals surface area contributed by atoms with Gasteiger partial charge in [0.2, 0.25) is 0 Å². The number of nitrogens with zero attached hydrogens (tertiary/aromatic N) is 2. The Morgan fingerprint density at radius 3 is 3.00 bits per heavy atom. The van der Waals surface area contributed by atoms with Crippen LogP contribution >= 0.6 is 0 Å². The minimum absolute atomic E-state index is 0.839. The van der Waals surface area contributed by atoms with Crippen LogP contribution in [0.5, 0.6) is 0 Å². The molecule has 0 saturated heterocycles. The van der Waals surface area contributed by atoms with Gasteiger partial charge in [-0.15, -0.1) is 0 Å². The van der Waals surface area contributed by atoms with Crippen LogP contribution in [-0.4, -0.2) is 29.6 Å². The van der Waals surface area contributed by atoms with Gasteiger partial charge in [-0.1, -0.05) is 18.6 Å². The fourth-order valence-corrected chi connectivity index (χ4v) is 1.94. The Labute approximate surface area is 103 Å². The zero-order valence-corrected chi connectivity index (χ0v) is 10.6. The van der Waals surface area contributed by atoms with E-state index in [9.17, 15) is 0 Å². The highest BCUT2D eigenvalue weighted by Gasteiger charge is 2.04. The molecule has 17 heavy (non-hydrogen) atoms. The first kappa shape index (κ1) is 12.0. The molecule has 0 atom stereocenters. The lowest BCUT2D eigenvalue weighted by atomic mass is 10.1. The summed E-state index contributed by atoms with van der Waals surface area (Å²) >= 11 is 0. The van der Waals surface area contributed by atoms with Crippen molar-refractivity contribution >= 4 is 5.82 Å². The maximum absolute atomic E-state index is 4.40. The van der Waals surface area contributed by atoms with Gasteiger partial charge in [-0.3, -0.25) is 0 Å². The first-order chi connectivity index (χ1) is 8.28. The number of aryl methyl sites for hydroxylation is 2. The quantitative estimate of drug-likeness (QED) is 0.775. The number of aromatic nitrogens is 2. The van der Waals surface area contributed by atoms with Crippen molar-refractivity contribution in [1.29, 1.82) is 0 Å². The predicted octanol–water partition coefficient (Wildman–Crippen LogP) is 1.68. The van der Waals surface area contributed by atoms with Gasteiger partial charge >= 0.3 is 0 Å². The molecule has 4 heteroatoms. The second kappa shape index (κ2) is 5.77. The van der Waals surface area contributed by atoms with Crippen LogP contribution < -0.4 is 10.6 Å². The van der Waals surface area contributed by atoms with Crippen molar-refractivity contribution in [1.82, 2.24) is 15.3 Å². The lowest BCUT2D eigenvalue weighted by Crippen LogP contribution is -2.23. The molecule has 92 valence electrons. The smallest absolute Gasteiger partial charge is 0.130 e. The summed E-state index contributed by atoms with van der Waals surface area (Å²) in [6.07, 6.45) is 4.33. The van der Waals surface area contributed by atoms with Crippen LogP contribution in [0.25, 0.3) is 0 Å². The van der Waals surface area contributed by atoms with E-state index in [0.717, 1.165) is 49.8 Å². The fourth-order valence-electron chi connectivity index (χ4n) is 1.94. The first-order valence-electron chi connectivity index (χ1n) is 6.25. The third kappa shape index (κ3) is 3.53. The maximum Gasteiger partial charge on any atom is 0.130 e. The largest absolute Gasteiger partial charge is 0.366 e. The molecule has 1 aliphatic rings. The number of hydrogen-bond donors (Lipinski definition) is 2. The van der Waals surface area contributed by atoms with Crippen molar-refractivity contribution < 1.29 is 0 Å². The number of hydrogen-bond acceptors (Lipinski definition) is 4. The summed E-state index contributed by atoms with van der Waals surface area (Å²) in [6, 6.07) is 2.04. The van der Waals surface area contributed by atoms with Crippen LogP contribution in [-0.2, 0) is 6.42 Å². The Bertz CT molecular complexity index is 412. The summed E-state index contributed by atoms with van der Waals surface area (Å²) in [5.74, 6) is 1.78. The highest BCUT2D eigenvalue weighted by Crippen LogP contribution is 2.10. The second-order valence-corrected chi connectivity index (χ2v) is 4.32. The van der Waals surface area contributed by atoms with Crippen molar-refractivity contribution in [2.24, 2.45) is 0 Å². The van der Waals surface area contributed by atoms with Gasteiger partial charge in [-0.05, 0) is 26.3 Å². The zero-order valence-electron chi connectivity index (χ0n) is 10.6. The number of rotatable bonds is 4. The third-order valence-corrected chi connectivity index (χ3v) is 2.91. The van der Waals surface area contributed by atoms with Crippen LogP contribution in [0.4, 0.5) is 5.82 Å². The summed E-state index contributed by atoms with van der Waals surface area (Å²) in [4.78, 5) is 8.77. The van der Waals surface area contributed by atoms with Crippen LogP contribution in [0.2, 0.25) is 0 Å². The summed E-state index contributed by atoms with van der Waals surface area (Å²) in [6.45, 7) is 7.01. The van der Waals surface area contributed by atoms with Gasteiger partial charge in [0.25, 0.3) is 0 Å². The standard InChI is InChI=1S/C13H20N4/c1-3-12-8-13(17-10(2)16-12)15-9-11-4-6-14-7-5-11/h4,8,14H,3,5-7,9H2,1-2H3,(H,15,16,17). The van der Waals surface area contributed by atoms with E-state index in [1.807, 2.05) is 13.0 Å². The van der Waals surface area contributed by atoms with E-state index in [2.05, 4.69) is 33.6 Å². The lowest BCUT2D eigenvalue weighted by molar-refractivity contribution is 0.697. The molecule has 2 N–H and O–H groups in total. The molecule has 0 radical (unpaired) electrons. The Morgan fingerprint density at radius 2 is 2.29 bits per heavy atom. The summed E-state index contributed by atoms with van der Waals surface area (Å²) in [5, 5.41) is 6.69. The van der Waals surface area contributed by atoms with Gasteiger partial charge in [0.1, 0.15) is 11.6 Å². The summed E-state index contributed by atoms with van der Waals surface area (Å²) in [5.41, 5.74) is 2.55. The Hall–Kier alpha value is -1.42. The molecule has 2 rings (SSSR count). The molecule has 1 aromatic heterocycles. The molecule has 0 aliphatic carbocycles. The van der Waals surface area contributed by atoms with E-state index in [-0.39, 0.29) is 0 Å². The number of nitrogens with one attached hydrogen (secondary N) is 2. The minimum atomic E-state index is 0.839. The molecule has 2 heterocycles. The molecule has 1 aliphatic heterocycles. The molecule has 0 spiro atoms. The maximum atomic E-state index is 4.40. The van der Waals surface area contributed by atoms with Crippen LogP contribution in [0, 0.1) is 6.92 Å². The van der Waals surface area contributed by atoms with Crippen molar-refractivity contribution in [2.45, 2.75) is 26.7 Å². The Kier molecular flexibility index (Phi) is 4.09. The molecule has 0 amide bonds. The highest BCUT2D eigenvalue weighted by atomic mass is 15.0. The van der Waals surface area contributed by atoms with Crippen LogP contribution in [0.15, 0.2) is 17.7 Å². The molecule has 0 saturated carbocycles. The van der Waals surface area contributed by atoms with Crippen molar-refractivity contribution in [3.05, 3.63) is 29.2 Å². The first-order valence-corrected chi connectivity index (χ1v) is 6.25. The zero-order chi connectivity index (χ0) is 12.1. The molecular formula is C13H20N4. The molecule has 0 aromatic carbocycles. The highest BCUT2D eigenvalue weighted by molar-refractivity contribution is 5.38. The van der Waals surface area contributed by atoms with Gasteiger partial charge in [0.05, 0.1) is 0 Å². The Balaban J connectivity index is 1.98. The van der Waals surface area contributed by atoms with E-state index in [4.69, 9.17) is 0 Å². The van der Waals surface area contributed by atoms with Crippen LogP contribution in [0.1, 0.15) is 24.9 Å². The van der Waals surface area contributed by atoms with E-state index < -0.39 is 0 Å². The average molecular weight is 232 g/mol. The molecule has 1 aromatic rings. The monoisotopic (exact) mass is 232 g/mol. The van der Waals surface area contributed by atoms with Crippen molar-refractivity contribution in [3.8, 4) is 0 Å². The fraction of sp³-hybridized carbons (Fsp3) is 0.538. The van der Waals surface area contributed by atoms with E-state index in [1.165, 1.54) is 5.57 Å². The topological polar surface area (TPSA) is 49.8 Å². The molecule has 0 fully saturated rings. The van der Waals surface area contributed by atoms with Gasteiger partial charge in [-0.2, -0.15) is 0 Å². The molecule has 0 unspecified atom stereocenters. The lowest BCUT2D eigenvalue weighted by Gasteiger charge is -2.15. The van der Waals surface area contributed by atoms with Gasteiger partial charge in [-0.25, -0.2) is 9.97 Å². The predicted molar refractivity (Wildman–Crippen MR) is 70.2 cm³/mol. The summed E-state index contributed by atoms with van der Waals surface area (Å²) < 4.78 is 0.